The van der Waals surface area contributed by atoms with Gasteiger partial charge in [-0.3, -0.25) is 0 Å². The van der Waals surface area contributed by atoms with Gasteiger partial charge in [0.05, 0.1) is 5.41 Å². The standard InChI is InChI=1S/C11H10BrN/c1-13-8-11(6-7-11)9-4-2-3-5-10(9)12/h2-5H,6-8H2. The first-order valence-corrected chi connectivity index (χ1v) is 5.16. The fourth-order valence-electron chi connectivity index (χ4n) is 1.71. The van der Waals surface area contributed by atoms with Crippen molar-refractivity contribution >= 4 is 15.9 Å². The molecule has 2 rings (SSSR count). The highest BCUT2D eigenvalue weighted by Crippen LogP contribution is 2.50. The summed E-state index contributed by atoms with van der Waals surface area (Å²) in [4.78, 5) is 3.52. The van der Waals surface area contributed by atoms with Gasteiger partial charge in [-0.05, 0) is 24.5 Å². The Morgan fingerprint density at radius 3 is 2.62 bits per heavy atom. The topological polar surface area (TPSA) is 4.36 Å². The van der Waals surface area contributed by atoms with Crippen molar-refractivity contribution in [2.24, 2.45) is 0 Å². The second-order valence-electron chi connectivity index (χ2n) is 3.58. The molecule has 0 spiro atoms. The monoisotopic (exact) mass is 235 g/mol. The van der Waals surface area contributed by atoms with Gasteiger partial charge in [-0.2, -0.15) is 0 Å². The van der Waals surface area contributed by atoms with E-state index in [-0.39, 0.29) is 5.41 Å². The molecule has 0 unspecified atom stereocenters. The average Bonchev–Trinajstić information content (AvgIpc) is 2.87. The molecule has 0 radical (unpaired) electrons. The number of hydrogen-bond donors (Lipinski definition) is 0. The SMILES string of the molecule is [C-]#[N+]CC1(c2ccccc2Br)CC1. The highest BCUT2D eigenvalue weighted by Gasteiger charge is 2.48. The maximum Gasteiger partial charge on any atom is 0.224 e. The average molecular weight is 236 g/mol. The molecule has 0 saturated heterocycles. The Kier molecular flexibility index (Phi) is 2.13. The minimum atomic E-state index is 0.182. The molecule has 13 heavy (non-hydrogen) atoms. The van der Waals surface area contributed by atoms with E-state index in [2.05, 4.69) is 32.9 Å². The molecule has 1 aromatic carbocycles. The number of benzene rings is 1. The first-order valence-electron chi connectivity index (χ1n) is 4.37. The van der Waals surface area contributed by atoms with Crippen LogP contribution in [-0.2, 0) is 5.41 Å². The van der Waals surface area contributed by atoms with Crippen LogP contribution >= 0.6 is 15.9 Å². The van der Waals surface area contributed by atoms with Crippen LogP contribution in [0.5, 0.6) is 0 Å². The molecular weight excluding hydrogens is 226 g/mol. The Hall–Kier alpha value is -0.810. The van der Waals surface area contributed by atoms with Gasteiger partial charge < -0.3 is 4.85 Å². The van der Waals surface area contributed by atoms with Crippen molar-refractivity contribution in [2.45, 2.75) is 18.3 Å². The third-order valence-electron chi connectivity index (χ3n) is 2.68. The van der Waals surface area contributed by atoms with Gasteiger partial charge in [0.15, 0.2) is 0 Å². The van der Waals surface area contributed by atoms with Gasteiger partial charge in [0.2, 0.25) is 6.54 Å². The molecule has 1 aromatic rings. The Morgan fingerprint density at radius 2 is 2.08 bits per heavy atom. The number of halogens is 1. The molecule has 0 atom stereocenters. The molecule has 1 aliphatic carbocycles. The summed E-state index contributed by atoms with van der Waals surface area (Å²) in [6.07, 6.45) is 2.33. The summed E-state index contributed by atoms with van der Waals surface area (Å²) >= 11 is 3.54. The van der Waals surface area contributed by atoms with Crippen molar-refractivity contribution in [1.82, 2.24) is 0 Å². The summed E-state index contributed by atoms with van der Waals surface area (Å²) < 4.78 is 1.15. The van der Waals surface area contributed by atoms with Crippen LogP contribution in [0.1, 0.15) is 18.4 Å². The second kappa shape index (κ2) is 3.16. The van der Waals surface area contributed by atoms with Gasteiger partial charge in [0.1, 0.15) is 0 Å². The molecule has 1 fully saturated rings. The van der Waals surface area contributed by atoms with Crippen LogP contribution < -0.4 is 0 Å². The van der Waals surface area contributed by atoms with E-state index in [1.807, 2.05) is 12.1 Å². The fraction of sp³-hybridized carbons (Fsp3) is 0.364. The lowest BCUT2D eigenvalue weighted by molar-refractivity contribution is 0.754. The molecule has 0 bridgehead atoms. The summed E-state index contributed by atoms with van der Waals surface area (Å²) in [5.74, 6) is 0. The molecule has 0 aliphatic heterocycles. The van der Waals surface area contributed by atoms with Crippen molar-refractivity contribution in [1.29, 1.82) is 0 Å². The third-order valence-corrected chi connectivity index (χ3v) is 3.37. The minimum Gasteiger partial charge on any atom is -0.316 e. The number of nitrogens with zero attached hydrogens (tertiary/aromatic N) is 1. The molecule has 0 N–H and O–H groups in total. The Bertz CT molecular complexity index is 361. The van der Waals surface area contributed by atoms with Crippen LogP contribution in [0.25, 0.3) is 4.85 Å². The van der Waals surface area contributed by atoms with E-state index in [4.69, 9.17) is 6.57 Å². The van der Waals surface area contributed by atoms with Gasteiger partial charge >= 0.3 is 0 Å². The molecular formula is C11H10BrN. The Morgan fingerprint density at radius 1 is 1.38 bits per heavy atom. The highest BCUT2D eigenvalue weighted by atomic mass is 79.9. The minimum absolute atomic E-state index is 0.182. The van der Waals surface area contributed by atoms with Gasteiger partial charge in [-0.1, -0.05) is 34.1 Å². The molecule has 1 aliphatic rings. The maximum atomic E-state index is 6.93. The van der Waals surface area contributed by atoms with Crippen LogP contribution in [0.15, 0.2) is 28.7 Å². The van der Waals surface area contributed by atoms with Crippen LogP contribution in [0.3, 0.4) is 0 Å². The molecule has 2 heteroatoms. The van der Waals surface area contributed by atoms with Gasteiger partial charge in [-0.15, -0.1) is 0 Å². The molecule has 0 amide bonds. The Labute approximate surface area is 86.7 Å². The normalized spacial score (nSPS) is 17.8. The lowest BCUT2D eigenvalue weighted by atomic mass is 9.96. The van der Waals surface area contributed by atoms with Crippen LogP contribution in [0.4, 0.5) is 0 Å². The van der Waals surface area contributed by atoms with Crippen LogP contribution in [-0.4, -0.2) is 6.54 Å². The van der Waals surface area contributed by atoms with Gasteiger partial charge in [-0.25, -0.2) is 6.57 Å². The lowest BCUT2D eigenvalue weighted by Crippen LogP contribution is -2.10. The summed E-state index contributed by atoms with van der Waals surface area (Å²) in [6.45, 7) is 7.56. The first-order chi connectivity index (χ1) is 6.28. The van der Waals surface area contributed by atoms with E-state index in [1.54, 1.807) is 0 Å². The van der Waals surface area contributed by atoms with E-state index in [1.165, 1.54) is 5.56 Å². The van der Waals surface area contributed by atoms with Gasteiger partial charge in [0, 0.05) is 4.47 Å². The predicted molar refractivity (Wildman–Crippen MR) is 56.5 cm³/mol. The molecule has 0 heterocycles. The first kappa shape index (κ1) is 8.77. The lowest BCUT2D eigenvalue weighted by Gasteiger charge is -2.10. The fourth-order valence-corrected chi connectivity index (χ4v) is 2.41. The number of rotatable bonds is 2. The third kappa shape index (κ3) is 1.49. The zero-order valence-corrected chi connectivity index (χ0v) is 8.84. The summed E-state index contributed by atoms with van der Waals surface area (Å²) in [5, 5.41) is 0. The smallest absolute Gasteiger partial charge is 0.224 e. The largest absolute Gasteiger partial charge is 0.316 e. The van der Waals surface area contributed by atoms with Crippen LogP contribution in [0, 0.1) is 6.57 Å². The predicted octanol–water partition coefficient (Wildman–Crippen LogP) is 3.40. The summed E-state index contributed by atoms with van der Waals surface area (Å²) in [6, 6.07) is 8.24. The zero-order valence-electron chi connectivity index (χ0n) is 7.26. The zero-order chi connectivity index (χ0) is 9.31. The molecule has 66 valence electrons. The highest BCUT2D eigenvalue weighted by molar-refractivity contribution is 9.10. The van der Waals surface area contributed by atoms with Crippen molar-refractivity contribution in [3.05, 3.63) is 45.7 Å². The molecule has 1 saturated carbocycles. The summed E-state index contributed by atoms with van der Waals surface area (Å²) in [5.41, 5.74) is 1.49. The number of hydrogen-bond acceptors (Lipinski definition) is 0. The van der Waals surface area contributed by atoms with E-state index in [0.29, 0.717) is 6.54 Å². The van der Waals surface area contributed by atoms with Crippen molar-refractivity contribution < 1.29 is 0 Å². The molecule has 1 nitrogen and oxygen atoms in total. The summed E-state index contributed by atoms with van der Waals surface area (Å²) in [7, 11) is 0. The quantitative estimate of drug-likeness (QED) is 0.693. The molecule has 0 aromatic heterocycles. The van der Waals surface area contributed by atoms with E-state index in [9.17, 15) is 0 Å². The van der Waals surface area contributed by atoms with E-state index < -0.39 is 0 Å². The van der Waals surface area contributed by atoms with Crippen molar-refractivity contribution in [3.63, 3.8) is 0 Å². The van der Waals surface area contributed by atoms with E-state index in [0.717, 1.165) is 17.3 Å². The second-order valence-corrected chi connectivity index (χ2v) is 4.43. The van der Waals surface area contributed by atoms with Crippen LogP contribution in [0.2, 0.25) is 0 Å². The van der Waals surface area contributed by atoms with Gasteiger partial charge in [0.25, 0.3) is 0 Å². The van der Waals surface area contributed by atoms with Crippen molar-refractivity contribution in [2.75, 3.05) is 6.54 Å². The maximum absolute atomic E-state index is 6.93. The van der Waals surface area contributed by atoms with E-state index >= 15 is 0 Å². The Balaban J connectivity index is 2.36. The van der Waals surface area contributed by atoms with Crippen molar-refractivity contribution in [3.8, 4) is 0 Å².